The molecule has 0 atom stereocenters. The van der Waals surface area contributed by atoms with Crippen LogP contribution in [0.1, 0.15) is 12.0 Å². The zero-order valence-electron chi connectivity index (χ0n) is 13.9. The Morgan fingerprint density at radius 1 is 1.19 bits per heavy atom. The molecule has 11 heteroatoms. The highest BCUT2D eigenvalue weighted by Crippen LogP contribution is 2.29. The fraction of sp³-hybridized carbons (Fsp3) is 0.188. The molecule has 7 nitrogen and oxygen atoms in total. The lowest BCUT2D eigenvalue weighted by molar-refractivity contribution is -0.116. The molecule has 0 spiro atoms. The van der Waals surface area contributed by atoms with E-state index < -0.39 is 31.8 Å². The van der Waals surface area contributed by atoms with Crippen molar-refractivity contribution >= 4 is 48.9 Å². The molecular weight excluding hydrogens is 419 g/mol. The SMILES string of the molecule is Cc1cc(N2C(=O)CCS2(=O)=O)ccc1S(=O)(=O)Nc1ccc(F)c(Cl)c1. The third kappa shape index (κ3) is 3.78. The lowest BCUT2D eigenvalue weighted by Crippen LogP contribution is -2.29. The first-order valence-corrected chi connectivity index (χ1v) is 11.1. The number of halogens is 2. The summed E-state index contributed by atoms with van der Waals surface area (Å²) < 4.78 is 65.4. The van der Waals surface area contributed by atoms with Gasteiger partial charge in [-0.05, 0) is 48.9 Å². The second-order valence-corrected chi connectivity index (χ2v) is 9.90. The molecule has 1 heterocycles. The Hall–Kier alpha value is -2.17. The summed E-state index contributed by atoms with van der Waals surface area (Å²) in [5.74, 6) is -1.53. The first kappa shape index (κ1) is 19.6. The van der Waals surface area contributed by atoms with E-state index in [0.29, 0.717) is 4.31 Å². The minimum absolute atomic E-state index is 0.0715. The molecule has 0 saturated carbocycles. The van der Waals surface area contributed by atoms with Crippen molar-refractivity contribution in [3.63, 3.8) is 0 Å². The zero-order valence-corrected chi connectivity index (χ0v) is 16.3. The van der Waals surface area contributed by atoms with Gasteiger partial charge in [0, 0.05) is 6.42 Å². The predicted molar refractivity (Wildman–Crippen MR) is 99.3 cm³/mol. The summed E-state index contributed by atoms with van der Waals surface area (Å²) in [6.45, 7) is 1.48. The number of carbonyl (C=O) groups excluding carboxylic acids is 1. The quantitative estimate of drug-likeness (QED) is 0.800. The fourth-order valence-corrected chi connectivity index (χ4v) is 5.61. The summed E-state index contributed by atoms with van der Waals surface area (Å²) in [6, 6.07) is 7.15. The number of aryl methyl sites for hydroxylation is 1. The molecule has 1 N–H and O–H groups in total. The molecule has 0 bridgehead atoms. The van der Waals surface area contributed by atoms with E-state index in [1.807, 2.05) is 0 Å². The molecule has 3 rings (SSSR count). The Morgan fingerprint density at radius 2 is 1.89 bits per heavy atom. The van der Waals surface area contributed by atoms with E-state index in [1.165, 1.54) is 31.2 Å². The van der Waals surface area contributed by atoms with Gasteiger partial charge in [0.25, 0.3) is 10.0 Å². The fourth-order valence-electron chi connectivity index (χ4n) is 2.70. The summed E-state index contributed by atoms with van der Waals surface area (Å²) in [4.78, 5) is 11.7. The maximum Gasteiger partial charge on any atom is 0.262 e. The minimum Gasteiger partial charge on any atom is -0.280 e. The van der Waals surface area contributed by atoms with Crippen LogP contribution in [0.3, 0.4) is 0 Å². The smallest absolute Gasteiger partial charge is 0.262 e. The highest BCUT2D eigenvalue weighted by molar-refractivity contribution is 7.94. The van der Waals surface area contributed by atoms with Gasteiger partial charge in [0.1, 0.15) is 5.82 Å². The van der Waals surface area contributed by atoms with Crippen LogP contribution in [0.25, 0.3) is 0 Å². The molecule has 0 unspecified atom stereocenters. The van der Waals surface area contributed by atoms with Crippen LogP contribution in [0.4, 0.5) is 15.8 Å². The maximum atomic E-state index is 13.2. The molecule has 0 aromatic heterocycles. The third-order valence-electron chi connectivity index (χ3n) is 3.93. The molecule has 1 aliphatic heterocycles. The number of carbonyl (C=O) groups is 1. The molecule has 0 aliphatic carbocycles. The van der Waals surface area contributed by atoms with Crippen molar-refractivity contribution < 1.29 is 26.0 Å². The third-order valence-corrected chi connectivity index (χ3v) is 7.45. The highest BCUT2D eigenvalue weighted by atomic mass is 35.5. The van der Waals surface area contributed by atoms with Gasteiger partial charge in [-0.2, -0.15) is 0 Å². The molecule has 1 amide bonds. The number of sulfonamides is 2. The molecular formula is C16H14ClFN2O5S2. The largest absolute Gasteiger partial charge is 0.280 e. The predicted octanol–water partition coefficient (Wildman–Crippen LogP) is 2.65. The first-order chi connectivity index (χ1) is 12.5. The van der Waals surface area contributed by atoms with Gasteiger partial charge in [-0.1, -0.05) is 11.6 Å². The highest BCUT2D eigenvalue weighted by Gasteiger charge is 2.36. The van der Waals surface area contributed by atoms with Crippen LogP contribution in [-0.4, -0.2) is 28.5 Å². The van der Waals surface area contributed by atoms with Crippen molar-refractivity contribution in [3.8, 4) is 0 Å². The van der Waals surface area contributed by atoms with Crippen LogP contribution >= 0.6 is 11.6 Å². The Labute approximate surface area is 160 Å². The number of anilines is 2. The van der Waals surface area contributed by atoms with Gasteiger partial charge in [-0.3, -0.25) is 9.52 Å². The Morgan fingerprint density at radius 3 is 2.44 bits per heavy atom. The Kier molecular flexibility index (Phi) is 4.91. The first-order valence-electron chi connectivity index (χ1n) is 7.66. The van der Waals surface area contributed by atoms with Crippen molar-refractivity contribution in [2.45, 2.75) is 18.2 Å². The van der Waals surface area contributed by atoms with Crippen LogP contribution in [0.5, 0.6) is 0 Å². The van der Waals surface area contributed by atoms with Gasteiger partial charge in [-0.25, -0.2) is 25.5 Å². The normalized spacial score (nSPS) is 16.6. The Balaban J connectivity index is 1.95. The number of hydrogen-bond acceptors (Lipinski definition) is 5. The number of nitrogens with zero attached hydrogens (tertiary/aromatic N) is 1. The second-order valence-electron chi connectivity index (χ2n) is 5.91. The average Bonchev–Trinajstić information content (AvgIpc) is 2.83. The van der Waals surface area contributed by atoms with Gasteiger partial charge >= 0.3 is 0 Å². The molecule has 0 radical (unpaired) electrons. The van der Waals surface area contributed by atoms with E-state index in [0.717, 1.165) is 12.1 Å². The lowest BCUT2D eigenvalue weighted by atomic mass is 10.2. The van der Waals surface area contributed by atoms with Crippen molar-refractivity contribution in [1.29, 1.82) is 0 Å². The summed E-state index contributed by atoms with van der Waals surface area (Å²) in [6.07, 6.45) is -0.117. The van der Waals surface area contributed by atoms with E-state index >= 15 is 0 Å². The number of rotatable bonds is 4. The van der Waals surface area contributed by atoms with Gasteiger partial charge < -0.3 is 0 Å². The summed E-state index contributed by atoms with van der Waals surface area (Å²) in [7, 11) is -7.78. The van der Waals surface area contributed by atoms with Crippen LogP contribution in [-0.2, 0) is 24.8 Å². The van der Waals surface area contributed by atoms with Gasteiger partial charge in [-0.15, -0.1) is 0 Å². The zero-order chi connectivity index (χ0) is 20.0. The number of amides is 1. The number of benzene rings is 2. The van der Waals surface area contributed by atoms with Crippen LogP contribution < -0.4 is 9.03 Å². The molecule has 27 heavy (non-hydrogen) atoms. The van der Waals surface area contributed by atoms with Crippen molar-refractivity contribution in [3.05, 3.63) is 52.8 Å². The second kappa shape index (κ2) is 6.77. The lowest BCUT2D eigenvalue weighted by Gasteiger charge is -2.17. The van der Waals surface area contributed by atoms with Gasteiger partial charge in [0.15, 0.2) is 0 Å². The standard InChI is InChI=1S/C16H14ClFN2O5S2/c1-10-8-12(20-16(21)6-7-26(20,22)23)3-5-15(10)27(24,25)19-11-2-4-14(18)13(17)9-11/h2-5,8-9,19H,6-7H2,1H3. The molecule has 144 valence electrons. The minimum atomic E-state index is -4.04. The van der Waals surface area contributed by atoms with Crippen LogP contribution in [0.15, 0.2) is 41.3 Å². The van der Waals surface area contributed by atoms with E-state index in [1.54, 1.807) is 0 Å². The molecule has 1 fully saturated rings. The summed E-state index contributed by atoms with van der Waals surface area (Å²) in [5, 5.41) is -0.236. The van der Waals surface area contributed by atoms with E-state index in [9.17, 15) is 26.0 Å². The van der Waals surface area contributed by atoms with Gasteiger partial charge in [0.05, 0.1) is 27.0 Å². The molecule has 1 saturated heterocycles. The molecule has 1 aliphatic rings. The van der Waals surface area contributed by atoms with Crippen molar-refractivity contribution in [1.82, 2.24) is 0 Å². The van der Waals surface area contributed by atoms with Crippen LogP contribution in [0, 0.1) is 12.7 Å². The number of nitrogens with one attached hydrogen (secondary N) is 1. The number of hydrogen-bond donors (Lipinski definition) is 1. The molecule has 2 aromatic carbocycles. The van der Waals surface area contributed by atoms with Crippen molar-refractivity contribution in [2.24, 2.45) is 0 Å². The Bertz CT molecular complexity index is 1150. The summed E-state index contributed by atoms with van der Waals surface area (Å²) >= 11 is 5.65. The van der Waals surface area contributed by atoms with E-state index in [4.69, 9.17) is 11.6 Å². The van der Waals surface area contributed by atoms with E-state index in [2.05, 4.69) is 4.72 Å². The topological polar surface area (TPSA) is 101 Å². The summed E-state index contributed by atoms with van der Waals surface area (Å²) in [5.41, 5.74) is 0.393. The van der Waals surface area contributed by atoms with Crippen LogP contribution in [0.2, 0.25) is 5.02 Å². The average molecular weight is 433 g/mol. The van der Waals surface area contributed by atoms with Gasteiger partial charge in [0.2, 0.25) is 15.9 Å². The van der Waals surface area contributed by atoms with E-state index in [-0.39, 0.29) is 39.0 Å². The monoisotopic (exact) mass is 432 g/mol. The van der Waals surface area contributed by atoms with Crippen molar-refractivity contribution in [2.75, 3.05) is 14.8 Å². The maximum absolute atomic E-state index is 13.2. The molecule has 2 aromatic rings.